The molecule has 2 bridgehead atoms. The summed E-state index contributed by atoms with van der Waals surface area (Å²) in [6.45, 7) is 12.2. The van der Waals surface area contributed by atoms with Crippen molar-refractivity contribution in [1.29, 1.82) is 0 Å². The van der Waals surface area contributed by atoms with E-state index in [1.165, 1.54) is 23.3 Å². The molecule has 3 aromatic carbocycles. The van der Waals surface area contributed by atoms with E-state index in [1.807, 2.05) is 42.5 Å². The molecule has 1 unspecified atom stereocenters. The summed E-state index contributed by atoms with van der Waals surface area (Å²) >= 11 is 0. The Morgan fingerprint density at radius 1 is 0.904 bits per heavy atom. The van der Waals surface area contributed by atoms with Crippen molar-refractivity contribution in [1.82, 2.24) is 15.3 Å². The predicted octanol–water partition coefficient (Wildman–Crippen LogP) is 7.21. The zero-order valence-corrected chi connectivity index (χ0v) is 43.5. The molecule has 12 atom stereocenters. The summed E-state index contributed by atoms with van der Waals surface area (Å²) in [7, 11) is 1.60. The van der Waals surface area contributed by atoms with Crippen LogP contribution in [0.15, 0.2) is 84.4 Å². The van der Waals surface area contributed by atoms with E-state index in [2.05, 4.69) is 68.6 Å². The van der Waals surface area contributed by atoms with Crippen LogP contribution >= 0.6 is 0 Å². The number of epoxide rings is 1. The number of benzene rings is 3. The van der Waals surface area contributed by atoms with Gasteiger partial charge in [-0.25, -0.2) is 0 Å². The summed E-state index contributed by atoms with van der Waals surface area (Å²) in [6.07, 6.45) is 6.23. The number of nitrogens with zero attached hydrogens (tertiary/aromatic N) is 2. The number of nitrogens with one attached hydrogen (secondary N) is 1. The topological polar surface area (TPSA) is 166 Å². The fourth-order valence-corrected chi connectivity index (χ4v) is 14.0. The molecule has 2 N–H and O–H groups in total. The second-order valence-electron chi connectivity index (χ2n) is 24.4. The smallest absolute Gasteiger partial charge is 0.327 e. The molecule has 4 heterocycles. The lowest BCUT2D eigenvalue weighted by Gasteiger charge is -2.53. The molecule has 7 fully saturated rings. The Hall–Kier alpha value is -4.96. The number of amides is 2. The number of hydrogen-bond donors (Lipinski definition) is 2. The fourth-order valence-electron chi connectivity index (χ4n) is 14.0. The average Bonchev–Trinajstić information content (AvgIpc) is 3.61. The van der Waals surface area contributed by atoms with Gasteiger partial charge in [0.15, 0.2) is 11.8 Å². The van der Waals surface area contributed by atoms with Gasteiger partial charge in [-0.15, -0.1) is 0 Å². The van der Waals surface area contributed by atoms with Crippen LogP contribution in [-0.2, 0) is 73.5 Å². The third-order valence-electron chi connectivity index (χ3n) is 17.8. The molecule has 11 rings (SSSR count). The van der Waals surface area contributed by atoms with Gasteiger partial charge in [-0.1, -0.05) is 104 Å². The van der Waals surface area contributed by atoms with E-state index >= 15 is 4.79 Å². The summed E-state index contributed by atoms with van der Waals surface area (Å²) in [4.78, 5) is 66.6. The minimum atomic E-state index is -1.55. The standard InChI is InChI=1S/C59H73N3O11/c1-55(2,3)70-47(64)24-22-41(34-63)60-52(65)44(28-35-13-9-8-10-14-35)61(7)54(67)59-32-45-48-49(72-58(71-48)29-39-15-11-12-16-40(39)30-58)51(59)73-62(50(59)53(66)68-45)33-37-19-17-36(18-20-37)27-38-21-23-46-57(6,69-46)26-25-43-42(38)31-56(43,4)5/h8-20,27,41-46,48-51,63H,21-26,28-34H2,1-7H3,(H,60,65)/t41-,42+,43+,44+,45+,46?,48-,49-,50-,51+,57+,59-/m0/s1. The first kappa shape index (κ1) is 50.2. The third-order valence-corrected chi connectivity index (χ3v) is 17.8. The SMILES string of the molecule is CN(C(=O)[C@@]12C[C@H]3OC(=O)[C@@H]1N(Cc1ccc(C=C4CCC5O[C@]5(C)CC[C@@H]5[C@@H]4CC5(C)C)cc1)O[C@@H]2[C@H]1OC2(Cc4ccccc4C2)O[C@H]13)[C@H](Cc1ccccc1)C(=O)N[C@H](CO)CCC(=O)OC(C)(C)C. The van der Waals surface area contributed by atoms with Gasteiger partial charge in [-0.05, 0) is 111 Å². The van der Waals surface area contributed by atoms with Crippen LogP contribution in [0.3, 0.4) is 0 Å². The Morgan fingerprint density at radius 2 is 1.60 bits per heavy atom. The molecule has 14 heteroatoms. The number of aliphatic hydroxyl groups excluding tert-OH is 1. The summed E-state index contributed by atoms with van der Waals surface area (Å²) in [5.41, 5.74) is 4.60. The summed E-state index contributed by atoms with van der Waals surface area (Å²) < 4.78 is 32.0. The maximum atomic E-state index is 16.0. The van der Waals surface area contributed by atoms with Gasteiger partial charge in [0, 0.05) is 39.2 Å². The Bertz CT molecular complexity index is 2620. The van der Waals surface area contributed by atoms with Gasteiger partial charge in [-0.2, -0.15) is 5.06 Å². The van der Waals surface area contributed by atoms with E-state index in [1.54, 1.807) is 32.9 Å². The van der Waals surface area contributed by atoms with Crippen molar-refractivity contribution in [2.45, 2.75) is 184 Å². The molecule has 4 aliphatic carbocycles. The number of fused-ring (bicyclic) bond motifs is 7. The number of carbonyl (C=O) groups excluding carboxylic acids is 4. The van der Waals surface area contributed by atoms with Crippen LogP contribution in [0.1, 0.15) is 121 Å². The summed E-state index contributed by atoms with van der Waals surface area (Å²) in [6, 6.07) is 22.9. The minimum absolute atomic E-state index is 0.0162. The highest BCUT2D eigenvalue weighted by Gasteiger charge is 2.77. The Balaban J connectivity index is 0.892. The van der Waals surface area contributed by atoms with E-state index in [0.29, 0.717) is 36.2 Å². The first-order chi connectivity index (χ1) is 34.8. The molecule has 4 aliphatic heterocycles. The maximum absolute atomic E-state index is 16.0. The van der Waals surface area contributed by atoms with Crippen LogP contribution in [0, 0.1) is 22.7 Å². The number of esters is 2. The molecule has 2 amide bonds. The van der Waals surface area contributed by atoms with Crippen LogP contribution in [0.5, 0.6) is 0 Å². The lowest BCUT2D eigenvalue weighted by molar-refractivity contribution is -0.218. The Labute approximate surface area is 429 Å². The minimum Gasteiger partial charge on any atom is -0.460 e. The van der Waals surface area contributed by atoms with Gasteiger partial charge in [0.1, 0.15) is 41.5 Å². The lowest BCUT2D eigenvalue weighted by atomic mass is 9.52. The highest BCUT2D eigenvalue weighted by molar-refractivity contribution is 5.96. The molecule has 0 aromatic heterocycles. The first-order valence-electron chi connectivity index (χ1n) is 26.7. The maximum Gasteiger partial charge on any atom is 0.327 e. The molecule has 0 radical (unpaired) electrons. The van der Waals surface area contributed by atoms with Crippen molar-refractivity contribution < 1.29 is 52.8 Å². The van der Waals surface area contributed by atoms with Crippen molar-refractivity contribution in [2.75, 3.05) is 13.7 Å². The normalized spacial score (nSPS) is 33.6. The van der Waals surface area contributed by atoms with E-state index in [9.17, 15) is 19.5 Å². The van der Waals surface area contributed by atoms with Crippen LogP contribution in [0.25, 0.3) is 6.08 Å². The third kappa shape index (κ3) is 9.36. The molecule has 8 aliphatic rings. The van der Waals surface area contributed by atoms with Crippen LogP contribution in [0.2, 0.25) is 0 Å². The van der Waals surface area contributed by atoms with Crippen LogP contribution < -0.4 is 5.32 Å². The van der Waals surface area contributed by atoms with Gasteiger partial charge >= 0.3 is 11.9 Å². The number of ether oxygens (including phenoxy) is 5. The van der Waals surface area contributed by atoms with Crippen molar-refractivity contribution in [3.05, 3.63) is 112 Å². The molecule has 14 nitrogen and oxygen atoms in total. The highest BCUT2D eigenvalue weighted by atomic mass is 16.8. The van der Waals surface area contributed by atoms with Gasteiger partial charge in [0.2, 0.25) is 11.8 Å². The van der Waals surface area contributed by atoms with Crippen LogP contribution in [-0.4, -0.2) is 118 Å². The van der Waals surface area contributed by atoms with Crippen LogP contribution in [0.4, 0.5) is 0 Å². The van der Waals surface area contributed by atoms with Crippen molar-refractivity contribution in [3.8, 4) is 0 Å². The van der Waals surface area contributed by atoms with Crippen molar-refractivity contribution in [2.24, 2.45) is 22.7 Å². The quantitative estimate of drug-likeness (QED) is 0.131. The highest BCUT2D eigenvalue weighted by Crippen LogP contribution is 2.61. The molecule has 1 spiro atoms. The van der Waals surface area contributed by atoms with E-state index in [4.69, 9.17) is 28.5 Å². The number of carbonyl (C=O) groups is 4. The molecular weight excluding hydrogens is 927 g/mol. The van der Waals surface area contributed by atoms with Gasteiger partial charge in [-0.3, -0.25) is 24.0 Å². The van der Waals surface area contributed by atoms with Crippen molar-refractivity contribution >= 4 is 29.8 Å². The summed E-state index contributed by atoms with van der Waals surface area (Å²) in [5, 5.41) is 15.0. The van der Waals surface area contributed by atoms with E-state index in [0.717, 1.165) is 47.1 Å². The molecule has 390 valence electrons. The summed E-state index contributed by atoms with van der Waals surface area (Å²) in [5.74, 6) is -1.87. The Morgan fingerprint density at radius 3 is 2.29 bits per heavy atom. The number of hydrogen-bond acceptors (Lipinski definition) is 12. The largest absolute Gasteiger partial charge is 0.460 e. The fraction of sp³-hybridized carbons (Fsp3) is 0.593. The number of hydroxylamine groups is 2. The van der Waals surface area contributed by atoms with E-state index < -0.39 is 89.7 Å². The van der Waals surface area contributed by atoms with Gasteiger partial charge < -0.3 is 39.0 Å². The molecule has 3 saturated carbocycles. The number of rotatable bonds is 13. The van der Waals surface area contributed by atoms with Gasteiger partial charge in [0.25, 0.3) is 0 Å². The molecule has 73 heavy (non-hydrogen) atoms. The monoisotopic (exact) mass is 1000 g/mol. The average molecular weight is 1000 g/mol. The van der Waals surface area contributed by atoms with Gasteiger partial charge in [0.05, 0.1) is 30.9 Å². The number of aliphatic hydroxyl groups is 1. The number of likely N-dealkylation sites (N-methyl/N-ethyl adjacent to an activating group) is 1. The first-order valence-corrected chi connectivity index (χ1v) is 26.7. The Kier molecular flexibility index (Phi) is 12.9. The second-order valence-corrected chi connectivity index (χ2v) is 24.4. The molecule has 3 aromatic rings. The van der Waals surface area contributed by atoms with Crippen molar-refractivity contribution in [3.63, 3.8) is 0 Å². The van der Waals surface area contributed by atoms with E-state index in [-0.39, 0.29) is 37.8 Å². The zero-order chi connectivity index (χ0) is 51.2. The number of allylic oxidation sites excluding steroid dienone is 1. The zero-order valence-electron chi connectivity index (χ0n) is 43.5. The lowest BCUT2D eigenvalue weighted by Crippen LogP contribution is -2.70. The molecular formula is C59H73N3O11. The second kappa shape index (κ2) is 18.7. The molecule has 4 saturated heterocycles. The predicted molar refractivity (Wildman–Crippen MR) is 270 cm³/mol.